The van der Waals surface area contributed by atoms with E-state index in [1.54, 1.807) is 0 Å². The third-order valence-corrected chi connectivity index (χ3v) is 4.20. The van der Waals surface area contributed by atoms with Crippen LogP contribution >= 0.6 is 0 Å². The van der Waals surface area contributed by atoms with Crippen molar-refractivity contribution in [3.63, 3.8) is 0 Å². The minimum absolute atomic E-state index is 0.347. The number of unbranched alkanes of at least 4 members (excludes halogenated alkanes) is 1. The minimum atomic E-state index is 0.347. The van der Waals surface area contributed by atoms with E-state index in [4.69, 9.17) is 5.73 Å². The zero-order valence-corrected chi connectivity index (χ0v) is 12.3. The topological polar surface area (TPSA) is 26.0 Å². The maximum Gasteiger partial charge on any atom is -0.00438 e. The second-order valence-electron chi connectivity index (χ2n) is 6.05. The van der Waals surface area contributed by atoms with Crippen LogP contribution in [-0.4, -0.2) is 6.54 Å². The molecule has 1 aromatic rings. The van der Waals surface area contributed by atoms with Gasteiger partial charge in [0.25, 0.3) is 0 Å². The van der Waals surface area contributed by atoms with Gasteiger partial charge in [0.05, 0.1) is 0 Å². The van der Waals surface area contributed by atoms with E-state index < -0.39 is 0 Å². The van der Waals surface area contributed by atoms with Crippen LogP contribution in [0, 0.1) is 11.3 Å². The largest absolute Gasteiger partial charge is 0.330 e. The van der Waals surface area contributed by atoms with Crippen molar-refractivity contribution in [2.75, 3.05) is 6.54 Å². The van der Waals surface area contributed by atoms with Gasteiger partial charge in [0.1, 0.15) is 0 Å². The van der Waals surface area contributed by atoms with Crippen LogP contribution in [0.1, 0.15) is 52.0 Å². The summed E-state index contributed by atoms with van der Waals surface area (Å²) in [5.41, 5.74) is 7.76. The lowest BCUT2D eigenvalue weighted by Gasteiger charge is -2.34. The Morgan fingerprint density at radius 2 is 1.83 bits per heavy atom. The maximum atomic E-state index is 5.97. The average molecular weight is 247 g/mol. The van der Waals surface area contributed by atoms with Gasteiger partial charge in [-0.1, -0.05) is 63.9 Å². The molecule has 18 heavy (non-hydrogen) atoms. The van der Waals surface area contributed by atoms with Gasteiger partial charge in [-0.25, -0.2) is 0 Å². The average Bonchev–Trinajstić information content (AvgIpc) is 2.38. The molecule has 1 nitrogen and oxygen atoms in total. The summed E-state index contributed by atoms with van der Waals surface area (Å²) in [7, 11) is 0. The Labute approximate surface area is 113 Å². The van der Waals surface area contributed by atoms with E-state index in [1.807, 2.05) is 0 Å². The van der Waals surface area contributed by atoms with Gasteiger partial charge in [0.15, 0.2) is 0 Å². The van der Waals surface area contributed by atoms with Gasteiger partial charge in [-0.3, -0.25) is 0 Å². The molecule has 0 aromatic heterocycles. The zero-order valence-electron chi connectivity index (χ0n) is 12.3. The molecular weight excluding hydrogens is 218 g/mol. The van der Waals surface area contributed by atoms with Crippen molar-refractivity contribution in [2.24, 2.45) is 17.1 Å². The molecule has 1 aromatic carbocycles. The van der Waals surface area contributed by atoms with E-state index in [0.717, 1.165) is 13.0 Å². The van der Waals surface area contributed by atoms with E-state index in [2.05, 4.69) is 51.1 Å². The summed E-state index contributed by atoms with van der Waals surface area (Å²) < 4.78 is 0. The first-order chi connectivity index (χ1) is 8.60. The number of nitrogens with two attached hydrogens (primary N) is 1. The van der Waals surface area contributed by atoms with Gasteiger partial charge in [-0.05, 0) is 42.7 Å². The predicted molar refractivity (Wildman–Crippen MR) is 80.6 cm³/mol. The smallest absolute Gasteiger partial charge is 0.00438 e. The van der Waals surface area contributed by atoms with Crippen molar-refractivity contribution in [1.29, 1.82) is 0 Å². The fourth-order valence-corrected chi connectivity index (χ4v) is 2.59. The van der Waals surface area contributed by atoms with E-state index in [-0.39, 0.29) is 0 Å². The lowest BCUT2D eigenvalue weighted by molar-refractivity contribution is 0.186. The van der Waals surface area contributed by atoms with Crippen molar-refractivity contribution in [3.8, 4) is 0 Å². The molecule has 0 amide bonds. The summed E-state index contributed by atoms with van der Waals surface area (Å²) in [4.78, 5) is 0. The Morgan fingerprint density at radius 3 is 2.39 bits per heavy atom. The Balaban J connectivity index is 2.51. The van der Waals surface area contributed by atoms with Gasteiger partial charge in [-0.2, -0.15) is 0 Å². The Morgan fingerprint density at radius 1 is 1.17 bits per heavy atom. The molecule has 0 spiro atoms. The first-order valence-electron chi connectivity index (χ1n) is 7.34. The SMILES string of the molecule is CCCCC(CN)C(C)(C)CCc1ccccc1. The van der Waals surface area contributed by atoms with Crippen LogP contribution in [0.4, 0.5) is 0 Å². The fourth-order valence-electron chi connectivity index (χ4n) is 2.59. The molecular formula is C17H29N. The second kappa shape index (κ2) is 7.58. The van der Waals surface area contributed by atoms with Gasteiger partial charge in [0.2, 0.25) is 0 Å². The number of hydrogen-bond acceptors (Lipinski definition) is 1. The first-order valence-corrected chi connectivity index (χ1v) is 7.34. The quantitative estimate of drug-likeness (QED) is 0.723. The molecule has 0 heterocycles. The zero-order chi connectivity index (χ0) is 13.4. The van der Waals surface area contributed by atoms with Crippen LogP contribution in [0.2, 0.25) is 0 Å². The molecule has 0 aliphatic heterocycles. The van der Waals surface area contributed by atoms with Crippen LogP contribution in [0.3, 0.4) is 0 Å². The van der Waals surface area contributed by atoms with Crippen molar-refractivity contribution < 1.29 is 0 Å². The summed E-state index contributed by atoms with van der Waals surface area (Å²) in [6.07, 6.45) is 6.23. The molecule has 0 bridgehead atoms. The summed E-state index contributed by atoms with van der Waals surface area (Å²) >= 11 is 0. The molecule has 1 rings (SSSR count). The molecule has 1 atom stereocenters. The molecule has 0 radical (unpaired) electrons. The fraction of sp³-hybridized carbons (Fsp3) is 0.647. The number of rotatable bonds is 8. The molecule has 1 unspecified atom stereocenters. The normalized spacial score (nSPS) is 13.6. The molecule has 102 valence electrons. The second-order valence-corrected chi connectivity index (χ2v) is 6.05. The van der Waals surface area contributed by atoms with Crippen molar-refractivity contribution in [3.05, 3.63) is 35.9 Å². The summed E-state index contributed by atoms with van der Waals surface area (Å²) in [6.45, 7) is 7.83. The number of aryl methyl sites for hydroxylation is 1. The van der Waals surface area contributed by atoms with Crippen LogP contribution in [0.5, 0.6) is 0 Å². The molecule has 0 aliphatic carbocycles. The molecule has 0 fully saturated rings. The standard InChI is InChI=1S/C17H29N/c1-4-5-11-16(14-18)17(2,3)13-12-15-9-7-6-8-10-15/h6-10,16H,4-5,11-14,18H2,1-3H3. The molecule has 0 aliphatic rings. The van der Waals surface area contributed by atoms with Crippen LogP contribution < -0.4 is 5.73 Å². The van der Waals surface area contributed by atoms with E-state index in [1.165, 1.54) is 31.2 Å². The molecule has 2 N–H and O–H groups in total. The highest BCUT2D eigenvalue weighted by Gasteiger charge is 2.27. The van der Waals surface area contributed by atoms with Crippen molar-refractivity contribution in [2.45, 2.75) is 52.9 Å². The summed E-state index contributed by atoms with van der Waals surface area (Å²) in [5.74, 6) is 0.654. The van der Waals surface area contributed by atoms with Crippen LogP contribution in [0.25, 0.3) is 0 Å². The first kappa shape index (κ1) is 15.2. The Hall–Kier alpha value is -0.820. The maximum absolute atomic E-state index is 5.97. The van der Waals surface area contributed by atoms with Crippen LogP contribution in [-0.2, 0) is 6.42 Å². The number of hydrogen-bond donors (Lipinski definition) is 1. The van der Waals surface area contributed by atoms with E-state index in [0.29, 0.717) is 11.3 Å². The summed E-state index contributed by atoms with van der Waals surface area (Å²) in [6, 6.07) is 10.8. The van der Waals surface area contributed by atoms with Gasteiger partial charge >= 0.3 is 0 Å². The third-order valence-electron chi connectivity index (χ3n) is 4.20. The van der Waals surface area contributed by atoms with E-state index in [9.17, 15) is 0 Å². The highest BCUT2D eigenvalue weighted by molar-refractivity contribution is 5.14. The highest BCUT2D eigenvalue weighted by Crippen LogP contribution is 2.34. The minimum Gasteiger partial charge on any atom is -0.330 e. The Bertz CT molecular complexity index is 316. The van der Waals surface area contributed by atoms with Gasteiger partial charge in [0, 0.05) is 0 Å². The monoisotopic (exact) mass is 247 g/mol. The van der Waals surface area contributed by atoms with Crippen molar-refractivity contribution >= 4 is 0 Å². The van der Waals surface area contributed by atoms with Crippen molar-refractivity contribution in [1.82, 2.24) is 0 Å². The van der Waals surface area contributed by atoms with Crippen LogP contribution in [0.15, 0.2) is 30.3 Å². The highest BCUT2D eigenvalue weighted by atomic mass is 14.6. The molecule has 0 saturated carbocycles. The summed E-state index contributed by atoms with van der Waals surface area (Å²) in [5, 5.41) is 0. The molecule has 1 heteroatoms. The third kappa shape index (κ3) is 4.81. The predicted octanol–water partition coefficient (Wildman–Crippen LogP) is 4.41. The lowest BCUT2D eigenvalue weighted by atomic mass is 9.72. The Kier molecular flexibility index (Phi) is 6.42. The molecule has 0 saturated heterocycles. The van der Waals surface area contributed by atoms with Gasteiger partial charge in [-0.15, -0.1) is 0 Å². The lowest BCUT2D eigenvalue weighted by Crippen LogP contribution is -2.31. The number of benzene rings is 1. The van der Waals surface area contributed by atoms with E-state index >= 15 is 0 Å². The van der Waals surface area contributed by atoms with Gasteiger partial charge < -0.3 is 5.73 Å².